The largest absolute Gasteiger partial charge is 0.506 e. The maximum absolute atomic E-state index is 12.3. The lowest BCUT2D eigenvalue weighted by Crippen LogP contribution is -2.15. The monoisotopic (exact) mass is 378 g/mol. The summed E-state index contributed by atoms with van der Waals surface area (Å²) in [5.74, 6) is 1.06. The van der Waals surface area contributed by atoms with Crippen molar-refractivity contribution in [2.45, 2.75) is 46.0 Å². The number of oxazole rings is 1. The molecular weight excluding hydrogens is 352 g/mol. The second kappa shape index (κ2) is 7.89. The van der Waals surface area contributed by atoms with Crippen molar-refractivity contribution in [3.8, 4) is 17.1 Å². The molecule has 1 amide bonds. The summed E-state index contributed by atoms with van der Waals surface area (Å²) in [6.07, 6.45) is 2.28. The number of phenolic OH excluding ortho intramolecular Hbond substituents is 1. The Hall–Kier alpha value is -3.08. The number of carbonyl (C=O) groups is 1. The SMILES string of the molecule is Cc1ccc(-c2cnc(CCC(=O)Nc3cc(C(C)(C)C)ccc3O)o2)cc1. The average molecular weight is 378 g/mol. The number of aromatic hydroxyl groups is 1. The Kier molecular flexibility index (Phi) is 5.54. The first-order valence-electron chi connectivity index (χ1n) is 9.37. The Morgan fingerprint density at radius 3 is 2.54 bits per heavy atom. The molecule has 1 aromatic heterocycles. The van der Waals surface area contributed by atoms with E-state index in [2.05, 4.69) is 31.1 Å². The fourth-order valence-electron chi connectivity index (χ4n) is 2.81. The number of nitrogens with one attached hydrogen (secondary N) is 1. The topological polar surface area (TPSA) is 75.4 Å². The molecule has 0 aliphatic rings. The fraction of sp³-hybridized carbons (Fsp3) is 0.304. The van der Waals surface area contributed by atoms with Gasteiger partial charge < -0.3 is 14.8 Å². The zero-order valence-corrected chi connectivity index (χ0v) is 16.7. The molecule has 0 bridgehead atoms. The highest BCUT2D eigenvalue weighted by atomic mass is 16.4. The van der Waals surface area contributed by atoms with Crippen LogP contribution in [0.5, 0.6) is 5.75 Å². The van der Waals surface area contributed by atoms with E-state index >= 15 is 0 Å². The van der Waals surface area contributed by atoms with Crippen LogP contribution < -0.4 is 5.32 Å². The molecule has 2 N–H and O–H groups in total. The second-order valence-electron chi connectivity index (χ2n) is 8.01. The van der Waals surface area contributed by atoms with Crippen molar-refractivity contribution >= 4 is 11.6 Å². The number of hydrogen-bond acceptors (Lipinski definition) is 4. The van der Waals surface area contributed by atoms with Crippen molar-refractivity contribution in [1.29, 1.82) is 0 Å². The number of nitrogens with zero attached hydrogens (tertiary/aromatic N) is 1. The third kappa shape index (κ3) is 4.80. The van der Waals surface area contributed by atoms with E-state index < -0.39 is 0 Å². The van der Waals surface area contributed by atoms with Gasteiger partial charge in [0, 0.05) is 18.4 Å². The summed E-state index contributed by atoms with van der Waals surface area (Å²) >= 11 is 0. The molecule has 0 radical (unpaired) electrons. The third-order valence-electron chi connectivity index (χ3n) is 4.59. The fourth-order valence-corrected chi connectivity index (χ4v) is 2.81. The number of aryl methyl sites for hydroxylation is 2. The maximum atomic E-state index is 12.3. The highest BCUT2D eigenvalue weighted by Crippen LogP contribution is 2.31. The van der Waals surface area contributed by atoms with E-state index in [0.29, 0.717) is 23.8 Å². The van der Waals surface area contributed by atoms with Crippen LogP contribution in [0.4, 0.5) is 5.69 Å². The van der Waals surface area contributed by atoms with E-state index in [1.807, 2.05) is 43.3 Å². The summed E-state index contributed by atoms with van der Waals surface area (Å²) in [6, 6.07) is 13.3. The van der Waals surface area contributed by atoms with Gasteiger partial charge >= 0.3 is 0 Å². The number of amides is 1. The highest BCUT2D eigenvalue weighted by Gasteiger charge is 2.17. The Morgan fingerprint density at radius 1 is 1.14 bits per heavy atom. The molecule has 0 aliphatic carbocycles. The summed E-state index contributed by atoms with van der Waals surface area (Å²) in [5, 5.41) is 12.8. The van der Waals surface area contributed by atoms with Crippen molar-refractivity contribution in [2.75, 3.05) is 5.32 Å². The van der Waals surface area contributed by atoms with Gasteiger partial charge in [0.1, 0.15) is 5.75 Å². The van der Waals surface area contributed by atoms with Gasteiger partial charge in [-0.3, -0.25) is 4.79 Å². The van der Waals surface area contributed by atoms with Crippen LogP contribution in [0.15, 0.2) is 53.1 Å². The molecule has 3 rings (SSSR count). The Balaban J connectivity index is 1.61. The van der Waals surface area contributed by atoms with Crippen molar-refractivity contribution in [3.63, 3.8) is 0 Å². The molecule has 0 unspecified atom stereocenters. The Bertz CT molecular complexity index is 966. The first-order valence-corrected chi connectivity index (χ1v) is 9.37. The van der Waals surface area contributed by atoms with Crippen LogP contribution in [0, 0.1) is 6.92 Å². The van der Waals surface area contributed by atoms with Crippen LogP contribution in [0.25, 0.3) is 11.3 Å². The van der Waals surface area contributed by atoms with E-state index in [-0.39, 0.29) is 23.5 Å². The molecule has 0 aliphatic heterocycles. The summed E-state index contributed by atoms with van der Waals surface area (Å²) in [7, 11) is 0. The number of phenols is 1. The molecule has 0 saturated carbocycles. The molecule has 2 aromatic carbocycles. The van der Waals surface area contributed by atoms with Crippen molar-refractivity contribution in [3.05, 3.63) is 65.7 Å². The smallest absolute Gasteiger partial charge is 0.224 e. The van der Waals surface area contributed by atoms with Crippen LogP contribution in [-0.2, 0) is 16.6 Å². The van der Waals surface area contributed by atoms with Gasteiger partial charge in [0.15, 0.2) is 11.7 Å². The molecule has 0 saturated heterocycles. The van der Waals surface area contributed by atoms with Crippen LogP contribution in [0.1, 0.15) is 44.2 Å². The first kappa shape index (κ1) is 19.7. The van der Waals surface area contributed by atoms with Gasteiger partial charge in [-0.1, -0.05) is 56.7 Å². The van der Waals surface area contributed by atoms with E-state index in [9.17, 15) is 9.90 Å². The van der Waals surface area contributed by atoms with Gasteiger partial charge in [-0.15, -0.1) is 0 Å². The Morgan fingerprint density at radius 2 is 1.86 bits per heavy atom. The zero-order chi connectivity index (χ0) is 20.3. The lowest BCUT2D eigenvalue weighted by Gasteiger charge is -2.20. The van der Waals surface area contributed by atoms with E-state index in [4.69, 9.17) is 4.42 Å². The molecular formula is C23H26N2O3. The number of hydrogen-bond donors (Lipinski definition) is 2. The van der Waals surface area contributed by atoms with Crippen LogP contribution >= 0.6 is 0 Å². The quantitative estimate of drug-likeness (QED) is 0.597. The molecule has 5 nitrogen and oxygen atoms in total. The van der Waals surface area contributed by atoms with Crippen LogP contribution in [0.2, 0.25) is 0 Å². The lowest BCUT2D eigenvalue weighted by molar-refractivity contribution is -0.116. The third-order valence-corrected chi connectivity index (χ3v) is 4.59. The second-order valence-corrected chi connectivity index (χ2v) is 8.01. The molecule has 1 heterocycles. The summed E-state index contributed by atoms with van der Waals surface area (Å²) in [5.41, 5.74) is 3.52. The number of anilines is 1. The van der Waals surface area contributed by atoms with Gasteiger partial charge in [-0.25, -0.2) is 4.98 Å². The first-order chi connectivity index (χ1) is 13.2. The number of benzene rings is 2. The Labute approximate surface area is 165 Å². The zero-order valence-electron chi connectivity index (χ0n) is 16.7. The molecule has 0 spiro atoms. The highest BCUT2D eigenvalue weighted by molar-refractivity contribution is 5.92. The molecule has 28 heavy (non-hydrogen) atoms. The van der Waals surface area contributed by atoms with Gasteiger partial charge in [-0.05, 0) is 30.0 Å². The minimum absolute atomic E-state index is 0.0548. The predicted octanol–water partition coefficient (Wildman–Crippen LogP) is 5.22. The number of carbonyl (C=O) groups excluding carboxylic acids is 1. The van der Waals surface area contributed by atoms with Crippen molar-refractivity contribution in [1.82, 2.24) is 4.98 Å². The number of aromatic nitrogens is 1. The van der Waals surface area contributed by atoms with E-state index in [1.165, 1.54) is 5.56 Å². The van der Waals surface area contributed by atoms with Gasteiger partial charge in [0.2, 0.25) is 5.91 Å². The van der Waals surface area contributed by atoms with Gasteiger partial charge in [0.05, 0.1) is 11.9 Å². The minimum Gasteiger partial charge on any atom is -0.506 e. The minimum atomic E-state index is -0.198. The normalized spacial score (nSPS) is 11.4. The van der Waals surface area contributed by atoms with Crippen LogP contribution in [0.3, 0.4) is 0 Å². The molecule has 5 heteroatoms. The van der Waals surface area contributed by atoms with Crippen molar-refractivity contribution in [2.24, 2.45) is 0 Å². The average Bonchev–Trinajstić information content (AvgIpc) is 3.10. The number of rotatable bonds is 5. The molecule has 0 atom stereocenters. The molecule has 0 fully saturated rings. The maximum Gasteiger partial charge on any atom is 0.224 e. The van der Waals surface area contributed by atoms with Crippen LogP contribution in [-0.4, -0.2) is 16.0 Å². The van der Waals surface area contributed by atoms with Crippen molar-refractivity contribution < 1.29 is 14.3 Å². The van der Waals surface area contributed by atoms with Gasteiger partial charge in [-0.2, -0.15) is 0 Å². The predicted molar refractivity (Wildman–Crippen MR) is 110 cm³/mol. The molecule has 3 aromatic rings. The van der Waals surface area contributed by atoms with Gasteiger partial charge in [0.25, 0.3) is 0 Å². The molecule has 146 valence electrons. The van der Waals surface area contributed by atoms with E-state index in [1.54, 1.807) is 12.3 Å². The lowest BCUT2D eigenvalue weighted by atomic mass is 9.87. The summed E-state index contributed by atoms with van der Waals surface area (Å²) in [4.78, 5) is 16.6. The standard InChI is InChI=1S/C23H26N2O3/c1-15-5-7-16(8-6-15)20-14-24-22(28-20)12-11-21(27)25-18-13-17(23(2,3)4)9-10-19(18)26/h5-10,13-14,26H,11-12H2,1-4H3,(H,25,27). The summed E-state index contributed by atoms with van der Waals surface area (Å²) in [6.45, 7) is 8.28. The van der Waals surface area contributed by atoms with E-state index in [0.717, 1.165) is 11.1 Å². The summed E-state index contributed by atoms with van der Waals surface area (Å²) < 4.78 is 5.76.